The van der Waals surface area contributed by atoms with Gasteiger partial charge in [0.05, 0.1) is 12.0 Å². The first-order chi connectivity index (χ1) is 26.7. The molecule has 0 aliphatic carbocycles. The van der Waals surface area contributed by atoms with Crippen LogP contribution in [0.4, 0.5) is 0 Å². The molecule has 1 aromatic rings. The average molecular weight is 756 g/mol. The quantitative estimate of drug-likeness (QED) is 0.0505. The van der Waals surface area contributed by atoms with Crippen LogP contribution in [0.3, 0.4) is 0 Å². The summed E-state index contributed by atoms with van der Waals surface area (Å²) in [5.41, 5.74) is 0. The normalized spacial score (nSPS) is 12.9. The Kier molecular flexibility index (Phi) is 39.7. The molecule has 1 rings (SSSR count). The third-order valence-electron chi connectivity index (χ3n) is 12.9. The van der Waals surface area contributed by atoms with E-state index in [1.54, 1.807) is 5.82 Å². The molecule has 1 N–H and O–H groups in total. The number of rotatable bonds is 45. The third kappa shape index (κ3) is 32.3. The minimum absolute atomic E-state index is 0.616. The van der Waals surface area contributed by atoms with Gasteiger partial charge in [0, 0.05) is 0 Å². The van der Waals surface area contributed by atoms with E-state index in [1.807, 2.05) is 0 Å². The van der Waals surface area contributed by atoms with Gasteiger partial charge in [-0.05, 0) is 32.6 Å². The van der Waals surface area contributed by atoms with Crippen LogP contribution < -0.4 is 4.57 Å². The van der Waals surface area contributed by atoms with Crippen LogP contribution in [0.2, 0.25) is 0 Å². The van der Waals surface area contributed by atoms with Gasteiger partial charge in [0.1, 0.15) is 12.4 Å². The SMILES string of the molecule is CCCCCCCCCCCCCCCCCCC(CCCCCCCCCCCCCCCC)c1[nH]cc[n+]1C(C)CCCCCCCCCCCC. The summed E-state index contributed by atoms with van der Waals surface area (Å²) in [7, 11) is 0. The van der Waals surface area contributed by atoms with E-state index < -0.39 is 0 Å². The molecule has 0 radical (unpaired) electrons. The molecule has 0 aromatic carbocycles. The first-order valence-corrected chi connectivity index (χ1v) is 25.8. The number of imidazole rings is 1. The third-order valence-corrected chi connectivity index (χ3v) is 12.9. The molecular formula is C52H103N2+. The highest BCUT2D eigenvalue weighted by atomic mass is 15.1. The van der Waals surface area contributed by atoms with Crippen LogP contribution in [-0.4, -0.2) is 4.98 Å². The Bertz CT molecular complexity index is 828. The molecule has 0 fully saturated rings. The monoisotopic (exact) mass is 756 g/mol. The summed E-state index contributed by atoms with van der Waals surface area (Å²) in [4.78, 5) is 3.79. The second kappa shape index (κ2) is 41.8. The van der Waals surface area contributed by atoms with E-state index in [2.05, 4.69) is 49.6 Å². The van der Waals surface area contributed by atoms with Gasteiger partial charge in [-0.2, -0.15) is 0 Å². The van der Waals surface area contributed by atoms with Crippen molar-refractivity contribution in [2.75, 3.05) is 0 Å². The molecule has 2 nitrogen and oxygen atoms in total. The van der Waals surface area contributed by atoms with Gasteiger partial charge < -0.3 is 0 Å². The van der Waals surface area contributed by atoms with E-state index in [0.717, 1.165) is 0 Å². The van der Waals surface area contributed by atoms with Crippen LogP contribution in [0.25, 0.3) is 0 Å². The topological polar surface area (TPSA) is 19.7 Å². The van der Waals surface area contributed by atoms with Gasteiger partial charge in [-0.3, -0.25) is 0 Å². The average Bonchev–Trinajstić information content (AvgIpc) is 3.68. The first-order valence-electron chi connectivity index (χ1n) is 25.8. The molecule has 1 heterocycles. The molecule has 1 aromatic heterocycles. The lowest BCUT2D eigenvalue weighted by atomic mass is 9.92. The van der Waals surface area contributed by atoms with E-state index in [-0.39, 0.29) is 0 Å². The second-order valence-electron chi connectivity index (χ2n) is 18.2. The predicted molar refractivity (Wildman–Crippen MR) is 244 cm³/mol. The maximum atomic E-state index is 3.79. The van der Waals surface area contributed by atoms with E-state index in [1.165, 1.54) is 276 Å². The maximum absolute atomic E-state index is 3.79. The summed E-state index contributed by atoms with van der Waals surface area (Å²) in [6, 6.07) is 0.616. The zero-order chi connectivity index (χ0) is 38.8. The van der Waals surface area contributed by atoms with Gasteiger partial charge in [0.15, 0.2) is 0 Å². The molecular weight excluding hydrogens is 653 g/mol. The minimum Gasteiger partial charge on any atom is -0.247 e. The van der Waals surface area contributed by atoms with Crippen molar-refractivity contribution in [2.45, 2.75) is 316 Å². The zero-order valence-corrected chi connectivity index (χ0v) is 38.2. The van der Waals surface area contributed by atoms with Crippen LogP contribution in [-0.2, 0) is 0 Å². The molecule has 0 spiro atoms. The van der Waals surface area contributed by atoms with Gasteiger partial charge in [0.25, 0.3) is 5.82 Å². The number of hydrogen-bond donors (Lipinski definition) is 1. The maximum Gasteiger partial charge on any atom is 0.257 e. The molecule has 2 unspecified atom stereocenters. The molecule has 320 valence electrons. The zero-order valence-electron chi connectivity index (χ0n) is 38.2. The summed E-state index contributed by atoms with van der Waals surface area (Å²) in [5, 5.41) is 0. The number of nitrogens with one attached hydrogen (secondary N) is 1. The fourth-order valence-corrected chi connectivity index (χ4v) is 9.08. The van der Waals surface area contributed by atoms with Crippen molar-refractivity contribution in [1.29, 1.82) is 0 Å². The summed E-state index contributed by atoms with van der Waals surface area (Å²) < 4.78 is 2.66. The van der Waals surface area contributed by atoms with Crippen molar-refractivity contribution in [3.8, 4) is 0 Å². The van der Waals surface area contributed by atoms with Crippen molar-refractivity contribution in [3.05, 3.63) is 18.2 Å². The Labute approximate surface area is 342 Å². The summed E-state index contributed by atoms with van der Waals surface area (Å²) in [6.45, 7) is 9.44. The van der Waals surface area contributed by atoms with E-state index in [9.17, 15) is 0 Å². The first kappa shape index (κ1) is 51.2. The number of nitrogens with zero attached hydrogens (tertiary/aromatic N) is 1. The largest absolute Gasteiger partial charge is 0.257 e. The van der Waals surface area contributed by atoms with Crippen molar-refractivity contribution < 1.29 is 4.57 Å². The Morgan fingerprint density at radius 2 is 0.593 bits per heavy atom. The summed E-state index contributed by atoms with van der Waals surface area (Å²) in [6.07, 6.45) is 66.6. The molecule has 2 atom stereocenters. The lowest BCUT2D eigenvalue weighted by Gasteiger charge is -2.17. The smallest absolute Gasteiger partial charge is 0.247 e. The minimum atomic E-state index is 0.616. The van der Waals surface area contributed by atoms with Crippen molar-refractivity contribution >= 4 is 0 Å². The highest BCUT2D eigenvalue weighted by Gasteiger charge is 2.25. The van der Waals surface area contributed by atoms with Gasteiger partial charge in [-0.15, -0.1) is 0 Å². The highest BCUT2D eigenvalue weighted by Crippen LogP contribution is 2.28. The second-order valence-corrected chi connectivity index (χ2v) is 18.2. The lowest BCUT2D eigenvalue weighted by molar-refractivity contribution is -0.727. The Balaban J connectivity index is 2.35. The molecule has 0 aliphatic rings. The molecule has 54 heavy (non-hydrogen) atoms. The van der Waals surface area contributed by atoms with Crippen LogP contribution in [0.5, 0.6) is 0 Å². The standard InChI is InChI=1S/C52H102N2/c1-5-8-11-14-17-20-23-25-27-28-30-32-35-38-41-44-47-51(46-43-40-37-34-31-29-26-24-21-18-15-12-9-6-2)52-53-48-49-54(52)50(4)45-42-39-36-33-22-19-16-13-10-7-3/h48-51H,5-47H2,1-4H3/p+1. The predicted octanol–water partition coefficient (Wildman–Crippen LogP) is 18.8. The fourth-order valence-electron chi connectivity index (χ4n) is 9.08. The van der Waals surface area contributed by atoms with E-state index in [4.69, 9.17) is 0 Å². The van der Waals surface area contributed by atoms with Crippen molar-refractivity contribution in [3.63, 3.8) is 0 Å². The molecule has 0 amide bonds. The highest BCUT2D eigenvalue weighted by molar-refractivity contribution is 4.90. The molecule has 0 saturated heterocycles. The lowest BCUT2D eigenvalue weighted by Crippen LogP contribution is -2.41. The number of aromatic amines is 1. The Morgan fingerprint density at radius 3 is 0.870 bits per heavy atom. The van der Waals surface area contributed by atoms with E-state index >= 15 is 0 Å². The van der Waals surface area contributed by atoms with Crippen LogP contribution in [0, 0.1) is 0 Å². The Hall–Kier alpha value is -0.790. The van der Waals surface area contributed by atoms with Crippen molar-refractivity contribution in [2.24, 2.45) is 0 Å². The van der Waals surface area contributed by atoms with Gasteiger partial charge in [0.2, 0.25) is 0 Å². The number of hydrogen-bond acceptors (Lipinski definition) is 0. The number of unbranched alkanes of at least 4 members (excludes halogenated alkanes) is 37. The molecule has 2 heteroatoms. The number of H-pyrrole nitrogens is 1. The van der Waals surface area contributed by atoms with Crippen LogP contribution >= 0.6 is 0 Å². The van der Waals surface area contributed by atoms with Crippen LogP contribution in [0.15, 0.2) is 12.4 Å². The van der Waals surface area contributed by atoms with Crippen molar-refractivity contribution in [1.82, 2.24) is 4.98 Å². The molecule has 0 aliphatic heterocycles. The Morgan fingerprint density at radius 1 is 0.352 bits per heavy atom. The van der Waals surface area contributed by atoms with E-state index in [0.29, 0.717) is 12.0 Å². The van der Waals surface area contributed by atoms with Gasteiger partial charge >= 0.3 is 0 Å². The number of aromatic nitrogens is 2. The molecule has 0 saturated carbocycles. The summed E-state index contributed by atoms with van der Waals surface area (Å²) >= 11 is 0. The fraction of sp³-hybridized carbons (Fsp3) is 0.942. The van der Waals surface area contributed by atoms with Gasteiger partial charge in [-0.25, -0.2) is 9.55 Å². The molecule has 0 bridgehead atoms. The van der Waals surface area contributed by atoms with Gasteiger partial charge in [-0.1, -0.05) is 271 Å². The summed E-state index contributed by atoms with van der Waals surface area (Å²) in [5.74, 6) is 2.25. The van der Waals surface area contributed by atoms with Crippen LogP contribution in [0.1, 0.15) is 322 Å².